The molecule has 0 amide bonds. The molecular formula is C23H31IN6. The summed E-state index contributed by atoms with van der Waals surface area (Å²) in [7, 11) is 1.82. The highest BCUT2D eigenvalue weighted by Crippen LogP contribution is 2.21. The number of nitrogens with zero attached hydrogens (tertiary/aromatic N) is 4. The Morgan fingerprint density at radius 1 is 1.23 bits per heavy atom. The number of guanidine groups is 1. The first kappa shape index (κ1) is 22.5. The molecule has 0 radical (unpaired) electrons. The van der Waals surface area contributed by atoms with Gasteiger partial charge in [0.15, 0.2) is 5.96 Å². The summed E-state index contributed by atoms with van der Waals surface area (Å²) in [4.78, 5) is 9.15. The van der Waals surface area contributed by atoms with Crippen LogP contribution in [0.2, 0.25) is 0 Å². The van der Waals surface area contributed by atoms with Crippen LogP contribution < -0.4 is 10.6 Å². The van der Waals surface area contributed by atoms with Gasteiger partial charge in [0, 0.05) is 55.8 Å². The van der Waals surface area contributed by atoms with Crippen LogP contribution in [0.25, 0.3) is 10.9 Å². The minimum absolute atomic E-state index is 0. The molecule has 1 unspecified atom stereocenters. The number of benzene rings is 1. The van der Waals surface area contributed by atoms with Crippen molar-refractivity contribution < 1.29 is 0 Å². The number of para-hydroxylation sites is 1. The van der Waals surface area contributed by atoms with E-state index in [9.17, 15) is 0 Å². The van der Waals surface area contributed by atoms with Crippen molar-refractivity contribution in [3.63, 3.8) is 0 Å². The summed E-state index contributed by atoms with van der Waals surface area (Å²) in [6.45, 7) is 5.14. The normalized spacial score (nSPS) is 16.3. The van der Waals surface area contributed by atoms with Crippen LogP contribution in [0.5, 0.6) is 0 Å². The minimum Gasteiger partial charge on any atom is -0.356 e. The SMILES string of the molecule is CN=C(NCCc1ccc2ccccc2n1)NC1CCc2cn(C(C)C)nc2C1.I. The lowest BCUT2D eigenvalue weighted by Gasteiger charge is -2.24. The second-order valence-electron chi connectivity index (χ2n) is 8.00. The van der Waals surface area contributed by atoms with Gasteiger partial charge >= 0.3 is 0 Å². The molecule has 4 rings (SSSR count). The molecule has 3 aromatic rings. The van der Waals surface area contributed by atoms with E-state index in [1.807, 2.05) is 19.2 Å². The molecule has 2 N–H and O–H groups in total. The van der Waals surface area contributed by atoms with Gasteiger partial charge in [-0.3, -0.25) is 14.7 Å². The zero-order valence-electron chi connectivity index (χ0n) is 17.9. The molecule has 0 aliphatic heterocycles. The Bertz CT molecular complexity index is 1010. The van der Waals surface area contributed by atoms with Crippen LogP contribution in [-0.2, 0) is 19.3 Å². The first-order chi connectivity index (χ1) is 14.1. The van der Waals surface area contributed by atoms with Crippen molar-refractivity contribution in [1.82, 2.24) is 25.4 Å². The quantitative estimate of drug-likeness (QED) is 0.306. The van der Waals surface area contributed by atoms with Gasteiger partial charge < -0.3 is 10.6 Å². The third kappa shape index (κ3) is 5.30. The molecule has 2 heterocycles. The van der Waals surface area contributed by atoms with Crippen molar-refractivity contribution >= 4 is 40.8 Å². The van der Waals surface area contributed by atoms with Crippen LogP contribution in [0, 0.1) is 0 Å². The van der Waals surface area contributed by atoms with Gasteiger partial charge in [-0.15, -0.1) is 24.0 Å². The number of pyridine rings is 1. The summed E-state index contributed by atoms with van der Waals surface area (Å²) in [5.74, 6) is 0.850. The summed E-state index contributed by atoms with van der Waals surface area (Å²) >= 11 is 0. The number of hydrogen-bond donors (Lipinski definition) is 2. The topological polar surface area (TPSA) is 67.1 Å². The van der Waals surface area contributed by atoms with Crippen molar-refractivity contribution in [3.8, 4) is 0 Å². The van der Waals surface area contributed by atoms with Gasteiger partial charge in [0.05, 0.1) is 11.2 Å². The minimum atomic E-state index is 0. The van der Waals surface area contributed by atoms with Gasteiger partial charge in [-0.2, -0.15) is 5.10 Å². The number of aryl methyl sites for hydroxylation is 1. The third-order valence-electron chi connectivity index (χ3n) is 5.52. The maximum absolute atomic E-state index is 4.77. The van der Waals surface area contributed by atoms with Gasteiger partial charge in [-0.1, -0.05) is 24.3 Å². The molecule has 6 nitrogen and oxygen atoms in total. The molecule has 30 heavy (non-hydrogen) atoms. The molecule has 0 spiro atoms. The van der Waals surface area contributed by atoms with Crippen molar-refractivity contribution in [3.05, 3.63) is 59.5 Å². The summed E-state index contributed by atoms with van der Waals surface area (Å²) in [6, 6.07) is 13.2. The molecule has 7 heteroatoms. The van der Waals surface area contributed by atoms with Crippen LogP contribution in [0.3, 0.4) is 0 Å². The second kappa shape index (κ2) is 10.2. The third-order valence-corrected chi connectivity index (χ3v) is 5.52. The van der Waals surface area contributed by atoms with E-state index in [1.165, 1.54) is 16.6 Å². The van der Waals surface area contributed by atoms with E-state index in [4.69, 9.17) is 10.1 Å². The molecule has 1 atom stereocenters. The first-order valence-electron chi connectivity index (χ1n) is 10.5. The highest BCUT2D eigenvalue weighted by atomic mass is 127. The number of fused-ring (bicyclic) bond motifs is 2. The molecule has 160 valence electrons. The number of rotatable bonds is 5. The maximum atomic E-state index is 4.77. The van der Waals surface area contributed by atoms with E-state index in [2.05, 4.69) is 64.6 Å². The Hall–Kier alpha value is -2.16. The summed E-state index contributed by atoms with van der Waals surface area (Å²) in [5.41, 5.74) is 4.75. The van der Waals surface area contributed by atoms with Crippen LogP contribution in [0.15, 0.2) is 47.6 Å². The number of aliphatic imine (C=N–C) groups is 1. The Kier molecular flexibility index (Phi) is 7.69. The fraction of sp³-hybridized carbons (Fsp3) is 0.435. The monoisotopic (exact) mass is 518 g/mol. The Balaban J connectivity index is 0.00000256. The van der Waals surface area contributed by atoms with E-state index in [0.29, 0.717) is 12.1 Å². The predicted molar refractivity (Wildman–Crippen MR) is 134 cm³/mol. The lowest BCUT2D eigenvalue weighted by Crippen LogP contribution is -2.46. The largest absolute Gasteiger partial charge is 0.356 e. The van der Waals surface area contributed by atoms with Gasteiger partial charge in [-0.05, 0) is 44.4 Å². The Labute approximate surface area is 195 Å². The molecular weight excluding hydrogens is 487 g/mol. The van der Waals surface area contributed by atoms with Gasteiger partial charge in [-0.25, -0.2) is 0 Å². The number of halogens is 1. The van der Waals surface area contributed by atoms with Crippen molar-refractivity contribution in [2.75, 3.05) is 13.6 Å². The lowest BCUT2D eigenvalue weighted by atomic mass is 9.94. The molecule has 0 saturated carbocycles. The Morgan fingerprint density at radius 3 is 2.87 bits per heavy atom. The standard InChI is InChI=1S/C23H30N6.HI/c1-16(2)29-15-18-9-11-20(14-22(18)28-29)27-23(24-3)25-13-12-19-10-8-17-6-4-5-7-21(17)26-19;/h4-8,10,15-16,20H,9,11-14H2,1-3H3,(H2,24,25,27);1H. The van der Waals surface area contributed by atoms with Crippen molar-refractivity contribution in [2.45, 2.75) is 51.6 Å². The average molecular weight is 518 g/mol. The highest BCUT2D eigenvalue weighted by Gasteiger charge is 2.22. The number of nitrogens with one attached hydrogen (secondary N) is 2. The first-order valence-corrected chi connectivity index (χ1v) is 10.5. The fourth-order valence-corrected chi connectivity index (χ4v) is 3.84. The molecule has 2 aromatic heterocycles. The summed E-state index contributed by atoms with van der Waals surface area (Å²) in [5, 5.41) is 13.0. The van der Waals surface area contributed by atoms with Crippen molar-refractivity contribution in [2.24, 2.45) is 4.99 Å². The second-order valence-corrected chi connectivity index (χ2v) is 8.00. The molecule has 0 fully saturated rings. The van der Waals surface area contributed by atoms with E-state index in [0.717, 1.165) is 49.4 Å². The smallest absolute Gasteiger partial charge is 0.191 e. The van der Waals surface area contributed by atoms with E-state index in [-0.39, 0.29) is 24.0 Å². The van der Waals surface area contributed by atoms with Gasteiger partial charge in [0.2, 0.25) is 0 Å². The molecule has 1 aliphatic rings. The maximum Gasteiger partial charge on any atom is 0.191 e. The van der Waals surface area contributed by atoms with Gasteiger partial charge in [0.25, 0.3) is 0 Å². The lowest BCUT2D eigenvalue weighted by molar-refractivity contribution is 0.499. The molecule has 0 bridgehead atoms. The van der Waals surface area contributed by atoms with Crippen LogP contribution in [0.4, 0.5) is 0 Å². The molecule has 1 aromatic carbocycles. The number of hydrogen-bond acceptors (Lipinski definition) is 3. The van der Waals surface area contributed by atoms with Crippen molar-refractivity contribution in [1.29, 1.82) is 0 Å². The average Bonchev–Trinajstić information content (AvgIpc) is 3.17. The van der Waals surface area contributed by atoms with Crippen LogP contribution in [-0.4, -0.2) is 40.4 Å². The fourth-order valence-electron chi connectivity index (χ4n) is 3.84. The Morgan fingerprint density at radius 2 is 2.07 bits per heavy atom. The van der Waals surface area contributed by atoms with Crippen LogP contribution in [0.1, 0.15) is 43.3 Å². The number of aromatic nitrogens is 3. The molecule has 0 saturated heterocycles. The zero-order valence-corrected chi connectivity index (χ0v) is 20.3. The van der Waals surface area contributed by atoms with Crippen LogP contribution >= 0.6 is 24.0 Å². The van der Waals surface area contributed by atoms with E-state index < -0.39 is 0 Å². The van der Waals surface area contributed by atoms with E-state index in [1.54, 1.807) is 0 Å². The summed E-state index contributed by atoms with van der Waals surface area (Å²) < 4.78 is 2.08. The zero-order chi connectivity index (χ0) is 20.2. The van der Waals surface area contributed by atoms with E-state index >= 15 is 0 Å². The van der Waals surface area contributed by atoms with Gasteiger partial charge in [0.1, 0.15) is 0 Å². The predicted octanol–water partition coefficient (Wildman–Crippen LogP) is 3.90. The molecule has 1 aliphatic carbocycles. The summed E-state index contributed by atoms with van der Waals surface area (Å²) in [6.07, 6.45) is 6.18. The highest BCUT2D eigenvalue weighted by molar-refractivity contribution is 14.0.